The molecular formula is C27H33N5O7. The molecule has 1 fully saturated rings. The molecule has 1 aliphatic heterocycles. The monoisotopic (exact) mass is 539 g/mol. The standard InChI is InChI=1S/C27H33N5O7/c28-19(13-17-8-10-18(33)11-9-17)24(35)30-20(14-16-5-2-1-3-6-16)26(37)32-12-4-7-22(32)25(36)31-21(27(38)39)15-23(29)34/h1-3,5-6,8-11,19-22,33H,4,7,12-15,28H2,(H2,29,34)(H,30,35)(H,31,36)(H,38,39). The third-order valence-corrected chi connectivity index (χ3v) is 6.48. The van der Waals surface area contributed by atoms with E-state index in [9.17, 15) is 34.2 Å². The van der Waals surface area contributed by atoms with Gasteiger partial charge in [-0.15, -0.1) is 0 Å². The van der Waals surface area contributed by atoms with Gasteiger partial charge in [-0.2, -0.15) is 0 Å². The van der Waals surface area contributed by atoms with Crippen LogP contribution < -0.4 is 22.1 Å². The second kappa shape index (κ2) is 13.4. The highest BCUT2D eigenvalue weighted by atomic mass is 16.4. The highest BCUT2D eigenvalue weighted by Crippen LogP contribution is 2.20. The van der Waals surface area contributed by atoms with E-state index in [0.29, 0.717) is 6.42 Å². The van der Waals surface area contributed by atoms with E-state index in [-0.39, 0.29) is 31.6 Å². The summed E-state index contributed by atoms with van der Waals surface area (Å²) < 4.78 is 0. The number of amides is 4. The van der Waals surface area contributed by atoms with Gasteiger partial charge in [0.2, 0.25) is 23.6 Å². The van der Waals surface area contributed by atoms with Crippen LogP contribution in [0.5, 0.6) is 5.75 Å². The number of nitrogens with zero attached hydrogens (tertiary/aromatic N) is 1. The molecule has 1 aliphatic rings. The molecule has 12 nitrogen and oxygen atoms in total. The van der Waals surface area contributed by atoms with E-state index < -0.39 is 60.2 Å². The fourth-order valence-corrected chi connectivity index (χ4v) is 4.48. The lowest BCUT2D eigenvalue weighted by Gasteiger charge is -2.30. The number of nitrogens with two attached hydrogens (primary N) is 2. The first-order chi connectivity index (χ1) is 18.5. The van der Waals surface area contributed by atoms with Gasteiger partial charge in [0.15, 0.2) is 0 Å². The molecule has 2 aromatic carbocycles. The molecule has 0 bridgehead atoms. The number of rotatable bonds is 12. The van der Waals surface area contributed by atoms with Gasteiger partial charge in [-0.3, -0.25) is 19.2 Å². The van der Waals surface area contributed by atoms with Gasteiger partial charge in [-0.1, -0.05) is 42.5 Å². The zero-order valence-corrected chi connectivity index (χ0v) is 21.3. The Bertz CT molecular complexity index is 1190. The number of nitrogens with one attached hydrogen (secondary N) is 2. The van der Waals surface area contributed by atoms with Gasteiger partial charge in [0.25, 0.3) is 0 Å². The van der Waals surface area contributed by atoms with Crippen molar-refractivity contribution in [2.24, 2.45) is 11.5 Å². The molecule has 0 spiro atoms. The number of phenolic OH excluding ortho intramolecular Hbond substituents is 1. The summed E-state index contributed by atoms with van der Waals surface area (Å²) in [6.07, 6.45) is 0.495. The number of likely N-dealkylation sites (tertiary alicyclic amines) is 1. The SMILES string of the molecule is NC(=O)CC(NC(=O)C1CCCN1C(=O)C(Cc1ccccc1)NC(=O)C(N)Cc1ccc(O)cc1)C(=O)O. The summed E-state index contributed by atoms with van der Waals surface area (Å²) in [6.45, 7) is 0.227. The Hall–Kier alpha value is -4.45. The molecule has 1 saturated heterocycles. The second-order valence-electron chi connectivity index (χ2n) is 9.49. The number of hydrogen-bond acceptors (Lipinski definition) is 7. The van der Waals surface area contributed by atoms with Gasteiger partial charge in [0.1, 0.15) is 23.9 Å². The summed E-state index contributed by atoms with van der Waals surface area (Å²) in [5, 5.41) is 23.8. The Kier molecular flexibility index (Phi) is 9.98. The first kappa shape index (κ1) is 29.1. The average molecular weight is 540 g/mol. The summed E-state index contributed by atoms with van der Waals surface area (Å²) in [5.74, 6) is -4.03. The largest absolute Gasteiger partial charge is 0.508 e. The summed E-state index contributed by atoms with van der Waals surface area (Å²) in [5.41, 5.74) is 12.7. The number of carboxylic acids is 1. The summed E-state index contributed by atoms with van der Waals surface area (Å²) in [4.78, 5) is 63.7. The van der Waals surface area contributed by atoms with Gasteiger partial charge in [0.05, 0.1) is 12.5 Å². The molecule has 0 aliphatic carbocycles. The highest BCUT2D eigenvalue weighted by molar-refractivity contribution is 5.95. The molecule has 39 heavy (non-hydrogen) atoms. The quantitative estimate of drug-likeness (QED) is 0.205. The predicted molar refractivity (Wildman–Crippen MR) is 140 cm³/mol. The van der Waals surface area contributed by atoms with Gasteiger partial charge in [-0.25, -0.2) is 4.79 Å². The summed E-state index contributed by atoms with van der Waals surface area (Å²) in [6, 6.07) is 10.8. The molecule has 2 aromatic rings. The van der Waals surface area contributed by atoms with Crippen LogP contribution in [0.15, 0.2) is 54.6 Å². The first-order valence-corrected chi connectivity index (χ1v) is 12.5. The van der Waals surface area contributed by atoms with Crippen LogP contribution in [0.1, 0.15) is 30.4 Å². The molecule has 4 amide bonds. The molecule has 12 heteroatoms. The maximum atomic E-state index is 13.7. The predicted octanol–water partition coefficient (Wildman–Crippen LogP) is -0.575. The third kappa shape index (κ3) is 8.27. The Morgan fingerprint density at radius 3 is 2.18 bits per heavy atom. The van der Waals surface area contributed by atoms with Crippen LogP contribution in [0, 0.1) is 0 Å². The fraction of sp³-hybridized carbons (Fsp3) is 0.370. The molecule has 8 N–H and O–H groups in total. The van der Waals surface area contributed by atoms with Crippen molar-refractivity contribution in [3.05, 3.63) is 65.7 Å². The molecule has 4 atom stereocenters. The van der Waals surface area contributed by atoms with Crippen molar-refractivity contribution in [3.63, 3.8) is 0 Å². The van der Waals surface area contributed by atoms with Crippen LogP contribution in [0.3, 0.4) is 0 Å². The molecule has 208 valence electrons. The zero-order chi connectivity index (χ0) is 28.5. The van der Waals surface area contributed by atoms with Gasteiger partial charge >= 0.3 is 5.97 Å². The lowest BCUT2D eigenvalue weighted by molar-refractivity contribution is -0.145. The maximum absolute atomic E-state index is 13.7. The summed E-state index contributed by atoms with van der Waals surface area (Å²) >= 11 is 0. The Labute approximate surface area is 225 Å². The molecule has 0 aromatic heterocycles. The minimum atomic E-state index is -1.52. The van der Waals surface area contributed by atoms with E-state index in [0.717, 1.165) is 11.1 Å². The van der Waals surface area contributed by atoms with Gasteiger partial charge in [-0.05, 0) is 42.5 Å². The number of hydrogen-bond donors (Lipinski definition) is 6. The first-order valence-electron chi connectivity index (χ1n) is 12.5. The van der Waals surface area contributed by atoms with Crippen molar-refractivity contribution in [3.8, 4) is 5.75 Å². The van der Waals surface area contributed by atoms with E-state index >= 15 is 0 Å². The van der Waals surface area contributed by atoms with Crippen molar-refractivity contribution in [1.29, 1.82) is 0 Å². The third-order valence-electron chi connectivity index (χ3n) is 6.48. The van der Waals surface area contributed by atoms with E-state index in [1.54, 1.807) is 36.4 Å². The molecular weight excluding hydrogens is 506 g/mol. The number of carboxylic acid groups (broad SMARTS) is 1. The minimum Gasteiger partial charge on any atom is -0.508 e. The van der Waals surface area contributed by atoms with Gasteiger partial charge < -0.3 is 37.2 Å². The number of carbonyl (C=O) groups excluding carboxylic acids is 4. The highest BCUT2D eigenvalue weighted by Gasteiger charge is 2.39. The average Bonchev–Trinajstić information content (AvgIpc) is 3.39. The molecule has 1 heterocycles. The van der Waals surface area contributed by atoms with Crippen LogP contribution in [0.25, 0.3) is 0 Å². The van der Waals surface area contributed by atoms with Crippen molar-refractivity contribution in [2.75, 3.05) is 6.54 Å². The van der Waals surface area contributed by atoms with Crippen molar-refractivity contribution >= 4 is 29.6 Å². The zero-order valence-electron chi connectivity index (χ0n) is 21.3. The lowest BCUT2D eigenvalue weighted by atomic mass is 10.0. The Morgan fingerprint density at radius 1 is 0.923 bits per heavy atom. The van der Waals surface area contributed by atoms with Crippen LogP contribution in [0.2, 0.25) is 0 Å². The minimum absolute atomic E-state index is 0.0822. The molecule has 3 rings (SSSR count). The fourth-order valence-electron chi connectivity index (χ4n) is 4.48. The van der Waals surface area contributed by atoms with E-state index in [1.165, 1.54) is 17.0 Å². The molecule has 4 unspecified atom stereocenters. The number of phenols is 1. The van der Waals surface area contributed by atoms with Crippen LogP contribution in [0.4, 0.5) is 0 Å². The number of aliphatic carboxylic acids is 1. The topological polar surface area (TPSA) is 205 Å². The molecule has 0 radical (unpaired) electrons. The van der Waals surface area contributed by atoms with Crippen molar-refractivity contribution < 1.29 is 34.2 Å². The van der Waals surface area contributed by atoms with E-state index in [4.69, 9.17) is 11.5 Å². The Balaban J connectivity index is 1.76. The maximum Gasteiger partial charge on any atom is 0.326 e. The number of carbonyl (C=O) groups is 5. The smallest absolute Gasteiger partial charge is 0.326 e. The van der Waals surface area contributed by atoms with Gasteiger partial charge in [0, 0.05) is 13.0 Å². The molecule has 0 saturated carbocycles. The Morgan fingerprint density at radius 2 is 1.56 bits per heavy atom. The van der Waals surface area contributed by atoms with Crippen molar-refractivity contribution in [2.45, 2.75) is 56.3 Å². The van der Waals surface area contributed by atoms with Crippen LogP contribution >= 0.6 is 0 Å². The number of benzene rings is 2. The number of primary amides is 1. The number of aromatic hydroxyl groups is 1. The van der Waals surface area contributed by atoms with E-state index in [2.05, 4.69) is 10.6 Å². The second-order valence-corrected chi connectivity index (χ2v) is 9.49. The van der Waals surface area contributed by atoms with Crippen LogP contribution in [-0.4, -0.2) is 75.4 Å². The summed E-state index contributed by atoms with van der Waals surface area (Å²) in [7, 11) is 0. The van der Waals surface area contributed by atoms with Crippen molar-refractivity contribution in [1.82, 2.24) is 15.5 Å². The van der Waals surface area contributed by atoms with Crippen LogP contribution in [-0.2, 0) is 36.8 Å². The van der Waals surface area contributed by atoms with E-state index in [1.807, 2.05) is 6.07 Å². The lowest BCUT2D eigenvalue weighted by Crippen LogP contribution is -2.57. The normalized spacial score (nSPS) is 17.1.